The second-order valence-corrected chi connectivity index (χ2v) is 5.08. The minimum Gasteiger partial charge on any atom is -0.357 e. The van der Waals surface area contributed by atoms with E-state index in [0.717, 1.165) is 24.0 Å². The van der Waals surface area contributed by atoms with Gasteiger partial charge in [0.05, 0.1) is 13.1 Å². The molecule has 0 aliphatic rings. The van der Waals surface area contributed by atoms with E-state index in [1.54, 1.807) is 0 Å². The van der Waals surface area contributed by atoms with Crippen LogP contribution in [0.1, 0.15) is 18.3 Å². The number of nitrogens with one attached hydrogen (secondary N) is 2. The summed E-state index contributed by atoms with van der Waals surface area (Å²) in [7, 11) is 0. The van der Waals surface area contributed by atoms with Gasteiger partial charge < -0.3 is 10.6 Å². The lowest BCUT2D eigenvalue weighted by Crippen LogP contribution is -2.37. The Hall–Kier alpha value is -2.89. The van der Waals surface area contributed by atoms with Gasteiger partial charge in [0, 0.05) is 12.7 Å². The predicted molar refractivity (Wildman–Crippen MR) is 91.1 cm³/mol. The van der Waals surface area contributed by atoms with Gasteiger partial charge in [0.2, 0.25) is 0 Å². The van der Waals surface area contributed by atoms with Crippen molar-refractivity contribution >= 4 is 11.6 Å². The molecule has 6 nitrogen and oxygen atoms in total. The molecular formula is C17H20N6. The summed E-state index contributed by atoms with van der Waals surface area (Å²) in [5.74, 6) is 1.62. The van der Waals surface area contributed by atoms with E-state index in [9.17, 15) is 0 Å². The van der Waals surface area contributed by atoms with Gasteiger partial charge in [-0.05, 0) is 24.6 Å². The second kappa shape index (κ2) is 7.40. The van der Waals surface area contributed by atoms with E-state index in [0.29, 0.717) is 13.1 Å². The minimum atomic E-state index is 0.561. The summed E-state index contributed by atoms with van der Waals surface area (Å²) >= 11 is 0. The maximum atomic E-state index is 4.60. The van der Waals surface area contributed by atoms with Crippen LogP contribution >= 0.6 is 0 Å². The van der Waals surface area contributed by atoms with Gasteiger partial charge in [-0.3, -0.25) is 4.40 Å². The summed E-state index contributed by atoms with van der Waals surface area (Å²) in [6, 6.07) is 16.0. The maximum Gasteiger partial charge on any atom is 0.191 e. The normalized spacial score (nSPS) is 11.6. The first-order chi connectivity index (χ1) is 11.4. The number of hydrogen-bond donors (Lipinski definition) is 2. The highest BCUT2D eigenvalue weighted by Crippen LogP contribution is 2.03. The van der Waals surface area contributed by atoms with E-state index in [4.69, 9.17) is 0 Å². The number of guanidine groups is 1. The fourth-order valence-corrected chi connectivity index (χ4v) is 2.27. The molecule has 0 aliphatic carbocycles. The Morgan fingerprint density at radius 3 is 2.70 bits per heavy atom. The van der Waals surface area contributed by atoms with Crippen LogP contribution in [0.2, 0.25) is 0 Å². The molecule has 6 heteroatoms. The van der Waals surface area contributed by atoms with Crippen LogP contribution in [0, 0.1) is 0 Å². The summed E-state index contributed by atoms with van der Waals surface area (Å²) < 4.78 is 1.97. The summed E-state index contributed by atoms with van der Waals surface area (Å²) in [5.41, 5.74) is 2.02. The molecule has 118 valence electrons. The summed E-state index contributed by atoms with van der Waals surface area (Å²) in [5, 5.41) is 14.9. The molecule has 0 amide bonds. The van der Waals surface area contributed by atoms with Crippen molar-refractivity contribution in [2.45, 2.75) is 20.0 Å². The fourth-order valence-electron chi connectivity index (χ4n) is 2.27. The Kier molecular flexibility index (Phi) is 4.83. The number of pyridine rings is 1. The van der Waals surface area contributed by atoms with Crippen LogP contribution in [0.25, 0.3) is 5.65 Å². The molecule has 2 heterocycles. The van der Waals surface area contributed by atoms with Crippen molar-refractivity contribution < 1.29 is 0 Å². The lowest BCUT2D eigenvalue weighted by molar-refractivity contribution is 0.765. The van der Waals surface area contributed by atoms with Crippen molar-refractivity contribution in [2.24, 2.45) is 4.99 Å². The Labute approximate surface area is 135 Å². The molecule has 1 aromatic carbocycles. The first-order valence-corrected chi connectivity index (χ1v) is 7.71. The lowest BCUT2D eigenvalue weighted by Gasteiger charge is -2.10. The molecule has 0 atom stereocenters. The van der Waals surface area contributed by atoms with Gasteiger partial charge in [-0.25, -0.2) is 4.99 Å². The Bertz CT molecular complexity index is 778. The molecule has 0 radical (unpaired) electrons. The van der Waals surface area contributed by atoms with Crippen molar-refractivity contribution in [2.75, 3.05) is 6.54 Å². The zero-order valence-corrected chi connectivity index (χ0v) is 13.1. The van der Waals surface area contributed by atoms with Gasteiger partial charge in [0.15, 0.2) is 17.4 Å². The smallest absolute Gasteiger partial charge is 0.191 e. The largest absolute Gasteiger partial charge is 0.357 e. The Morgan fingerprint density at radius 1 is 1.04 bits per heavy atom. The molecule has 0 saturated carbocycles. The van der Waals surface area contributed by atoms with Gasteiger partial charge in [-0.15, -0.1) is 10.2 Å². The summed E-state index contributed by atoms with van der Waals surface area (Å²) in [6.07, 6.45) is 1.96. The SMILES string of the molecule is CCNC(=NCc1ccccc1)NCc1nnc2ccccn12. The van der Waals surface area contributed by atoms with E-state index < -0.39 is 0 Å². The zero-order chi connectivity index (χ0) is 15.9. The number of benzene rings is 1. The average Bonchev–Trinajstić information content (AvgIpc) is 3.01. The highest BCUT2D eigenvalue weighted by molar-refractivity contribution is 5.79. The van der Waals surface area contributed by atoms with Gasteiger partial charge in [0.25, 0.3) is 0 Å². The van der Waals surface area contributed by atoms with Gasteiger partial charge in [0.1, 0.15) is 0 Å². The fraction of sp³-hybridized carbons (Fsp3) is 0.235. The molecule has 0 aliphatic heterocycles. The molecule has 3 rings (SSSR count). The third-order valence-corrected chi connectivity index (χ3v) is 3.41. The van der Waals surface area contributed by atoms with Crippen LogP contribution in [0.15, 0.2) is 59.7 Å². The van der Waals surface area contributed by atoms with Crippen LogP contribution in [-0.2, 0) is 13.1 Å². The molecule has 0 bridgehead atoms. The highest BCUT2D eigenvalue weighted by Gasteiger charge is 2.05. The standard InChI is InChI=1S/C17H20N6/c1-2-18-17(19-12-14-8-4-3-5-9-14)20-13-16-22-21-15-10-6-7-11-23(15)16/h3-11H,2,12-13H2,1H3,(H2,18,19,20). The van der Waals surface area contributed by atoms with Crippen LogP contribution in [-0.4, -0.2) is 27.1 Å². The Balaban J connectivity index is 1.67. The van der Waals surface area contributed by atoms with Gasteiger partial charge >= 0.3 is 0 Å². The summed E-state index contributed by atoms with van der Waals surface area (Å²) in [4.78, 5) is 4.60. The van der Waals surface area contributed by atoms with E-state index in [-0.39, 0.29) is 0 Å². The quantitative estimate of drug-likeness (QED) is 0.559. The molecule has 2 aromatic heterocycles. The lowest BCUT2D eigenvalue weighted by atomic mass is 10.2. The molecule has 2 N–H and O–H groups in total. The van der Waals surface area contributed by atoms with E-state index in [1.165, 1.54) is 5.56 Å². The predicted octanol–water partition coefficient (Wildman–Crippen LogP) is 1.98. The number of aromatic nitrogens is 3. The van der Waals surface area contributed by atoms with Crippen molar-refractivity contribution in [3.05, 3.63) is 66.1 Å². The van der Waals surface area contributed by atoms with Crippen molar-refractivity contribution in [1.29, 1.82) is 0 Å². The molecule has 0 saturated heterocycles. The molecule has 23 heavy (non-hydrogen) atoms. The van der Waals surface area contributed by atoms with Crippen molar-refractivity contribution in [1.82, 2.24) is 25.2 Å². The van der Waals surface area contributed by atoms with Crippen molar-refractivity contribution in [3.63, 3.8) is 0 Å². The third-order valence-electron chi connectivity index (χ3n) is 3.41. The number of fused-ring (bicyclic) bond motifs is 1. The van der Waals surface area contributed by atoms with Crippen molar-refractivity contribution in [3.8, 4) is 0 Å². The summed E-state index contributed by atoms with van der Waals surface area (Å²) in [6.45, 7) is 4.05. The molecule has 0 spiro atoms. The van der Waals surface area contributed by atoms with E-state index in [2.05, 4.69) is 38.0 Å². The second-order valence-electron chi connectivity index (χ2n) is 5.08. The molecule has 0 unspecified atom stereocenters. The first-order valence-electron chi connectivity index (χ1n) is 7.71. The van der Waals surface area contributed by atoms with E-state index in [1.807, 2.05) is 53.9 Å². The average molecular weight is 308 g/mol. The van der Waals surface area contributed by atoms with Gasteiger partial charge in [-0.1, -0.05) is 36.4 Å². The van der Waals surface area contributed by atoms with Gasteiger partial charge in [-0.2, -0.15) is 0 Å². The number of rotatable bonds is 5. The number of hydrogen-bond acceptors (Lipinski definition) is 3. The Morgan fingerprint density at radius 2 is 1.87 bits per heavy atom. The van der Waals surface area contributed by atoms with Crippen LogP contribution < -0.4 is 10.6 Å². The maximum absolute atomic E-state index is 4.60. The van der Waals surface area contributed by atoms with Crippen LogP contribution in [0.4, 0.5) is 0 Å². The van der Waals surface area contributed by atoms with E-state index >= 15 is 0 Å². The first kappa shape index (κ1) is 15.0. The topological polar surface area (TPSA) is 66.6 Å². The molecule has 3 aromatic rings. The minimum absolute atomic E-state index is 0.561. The highest BCUT2D eigenvalue weighted by atomic mass is 15.3. The number of nitrogens with zero attached hydrogens (tertiary/aromatic N) is 4. The third kappa shape index (κ3) is 3.85. The number of aliphatic imine (C=N–C) groups is 1. The zero-order valence-electron chi connectivity index (χ0n) is 13.1. The molecule has 0 fully saturated rings. The van der Waals surface area contributed by atoms with Crippen LogP contribution in [0.3, 0.4) is 0 Å². The monoisotopic (exact) mass is 308 g/mol. The molecular weight excluding hydrogens is 288 g/mol. The van der Waals surface area contributed by atoms with Crippen LogP contribution in [0.5, 0.6) is 0 Å².